The minimum atomic E-state index is -4.77. The number of rotatable bonds is 8. The van der Waals surface area contributed by atoms with Crippen LogP contribution in [0.3, 0.4) is 0 Å². The predicted molar refractivity (Wildman–Crippen MR) is 97.7 cm³/mol. The molecule has 2 aromatic rings. The van der Waals surface area contributed by atoms with Gasteiger partial charge in [0.1, 0.15) is 11.5 Å². The molecule has 8 heteroatoms. The summed E-state index contributed by atoms with van der Waals surface area (Å²) < 4.78 is 41.4. The number of phenols is 1. The second-order valence-electron chi connectivity index (χ2n) is 5.85. The van der Waals surface area contributed by atoms with Gasteiger partial charge < -0.3 is 14.7 Å². The molecule has 0 radical (unpaired) electrons. The summed E-state index contributed by atoms with van der Waals surface area (Å²) in [5, 5.41) is 9.23. The van der Waals surface area contributed by atoms with Crippen molar-refractivity contribution in [3.05, 3.63) is 54.1 Å². The summed E-state index contributed by atoms with van der Waals surface area (Å²) in [7, 11) is 1.56. The van der Waals surface area contributed by atoms with Crippen LogP contribution in [0.2, 0.25) is 0 Å². The summed E-state index contributed by atoms with van der Waals surface area (Å²) in [5.41, 5.74) is 0.296. The summed E-state index contributed by atoms with van der Waals surface area (Å²) in [5.74, 6) is 0.472. The van der Waals surface area contributed by atoms with Crippen molar-refractivity contribution in [1.82, 2.24) is 4.90 Å². The molecule has 0 fully saturated rings. The number of halogens is 3. The molecule has 4 nitrogen and oxygen atoms in total. The van der Waals surface area contributed by atoms with Crippen LogP contribution in [-0.4, -0.2) is 35.1 Å². The summed E-state index contributed by atoms with van der Waals surface area (Å²) in [6.07, 6.45) is -3.84. The van der Waals surface area contributed by atoms with Gasteiger partial charge in [-0.2, -0.15) is 0 Å². The maximum atomic E-state index is 12.5. The lowest BCUT2D eigenvalue weighted by molar-refractivity contribution is -0.275. The Balaban J connectivity index is 1.81. The Morgan fingerprint density at radius 1 is 1.15 bits per heavy atom. The molecule has 0 spiro atoms. The van der Waals surface area contributed by atoms with Gasteiger partial charge in [0.05, 0.1) is 0 Å². The monoisotopic (exact) mass is 399 g/mol. The summed E-state index contributed by atoms with van der Waals surface area (Å²) in [6.45, 7) is 0.0379. The van der Waals surface area contributed by atoms with Gasteiger partial charge in [-0.25, -0.2) is 0 Å². The highest BCUT2D eigenvalue weighted by atomic mass is 32.2. The van der Waals surface area contributed by atoms with Crippen LogP contribution in [0.15, 0.2) is 53.4 Å². The number of nitrogens with zero attached hydrogens (tertiary/aromatic N) is 1. The molecule has 1 amide bonds. The van der Waals surface area contributed by atoms with Crippen molar-refractivity contribution in [2.45, 2.75) is 30.6 Å². The van der Waals surface area contributed by atoms with Crippen molar-refractivity contribution in [3.8, 4) is 11.5 Å². The third-order valence-electron chi connectivity index (χ3n) is 3.67. The largest absolute Gasteiger partial charge is 0.573 e. The van der Waals surface area contributed by atoms with E-state index in [0.717, 1.165) is 10.6 Å². The van der Waals surface area contributed by atoms with Gasteiger partial charge in [0.2, 0.25) is 5.91 Å². The molecule has 0 saturated heterocycles. The molecule has 0 saturated carbocycles. The number of aromatic hydroxyl groups is 1. The number of amides is 1. The molecular formula is C19H20F3NO3S. The lowest BCUT2D eigenvalue weighted by atomic mass is 10.2. The maximum absolute atomic E-state index is 12.5. The molecule has 1 N–H and O–H groups in total. The summed E-state index contributed by atoms with van der Waals surface area (Å²) in [6, 6.07) is 12.6. The molecule has 2 rings (SSSR count). The zero-order chi connectivity index (χ0) is 19.9. The van der Waals surface area contributed by atoms with E-state index in [0.29, 0.717) is 18.4 Å². The van der Waals surface area contributed by atoms with Crippen LogP contribution in [-0.2, 0) is 11.3 Å². The van der Waals surface area contributed by atoms with Gasteiger partial charge in [-0.1, -0.05) is 18.2 Å². The first-order valence-electron chi connectivity index (χ1n) is 8.24. The van der Waals surface area contributed by atoms with Gasteiger partial charge in [0.25, 0.3) is 0 Å². The minimum absolute atomic E-state index is 0.0379. The van der Waals surface area contributed by atoms with Crippen molar-refractivity contribution < 1.29 is 27.8 Å². The summed E-state index contributed by atoms with van der Waals surface area (Å²) >= 11 is 1.57. The number of alkyl halides is 3. The third kappa shape index (κ3) is 7.42. The van der Waals surface area contributed by atoms with E-state index in [4.69, 9.17) is 0 Å². The number of phenolic OH excluding ortho intramolecular Hbond substituents is 1. The first-order valence-corrected chi connectivity index (χ1v) is 9.22. The van der Waals surface area contributed by atoms with E-state index in [9.17, 15) is 23.1 Å². The van der Waals surface area contributed by atoms with Gasteiger partial charge in [-0.3, -0.25) is 4.79 Å². The van der Waals surface area contributed by atoms with Crippen molar-refractivity contribution in [2.24, 2.45) is 0 Å². The van der Waals surface area contributed by atoms with Gasteiger partial charge >= 0.3 is 6.36 Å². The molecule has 27 heavy (non-hydrogen) atoms. The number of thioether (sulfide) groups is 1. The first kappa shape index (κ1) is 21.0. The number of carbonyl (C=O) groups excluding carboxylic acids is 1. The standard InChI is InChI=1S/C19H20F3NO3S/c1-23(13-14-5-2-3-6-17(14)26-19(20,21)22)18(25)7-4-12-27-16-10-8-15(24)9-11-16/h2-3,5-6,8-11,24H,4,7,12-13H2,1H3. The van der Waals surface area contributed by atoms with Crippen LogP contribution >= 0.6 is 11.8 Å². The fraction of sp³-hybridized carbons (Fsp3) is 0.316. The Morgan fingerprint density at radius 3 is 2.48 bits per heavy atom. The number of hydrogen-bond donors (Lipinski definition) is 1. The Bertz CT molecular complexity index is 751. The van der Waals surface area contributed by atoms with Crippen LogP contribution < -0.4 is 4.74 Å². The van der Waals surface area contributed by atoms with Gasteiger partial charge in [0.15, 0.2) is 0 Å². The first-order chi connectivity index (χ1) is 12.7. The van der Waals surface area contributed by atoms with Crippen LogP contribution in [0.5, 0.6) is 11.5 Å². The summed E-state index contributed by atoms with van der Waals surface area (Å²) in [4.78, 5) is 14.6. The highest BCUT2D eigenvalue weighted by Crippen LogP contribution is 2.27. The van der Waals surface area contributed by atoms with E-state index in [1.54, 1.807) is 49.1 Å². The average molecular weight is 399 g/mol. The van der Waals surface area contributed by atoms with Crippen molar-refractivity contribution >= 4 is 17.7 Å². The molecule has 0 heterocycles. The second-order valence-corrected chi connectivity index (χ2v) is 7.02. The third-order valence-corrected chi connectivity index (χ3v) is 4.77. The molecule has 0 aromatic heterocycles. The number of carbonyl (C=O) groups is 1. The number of ether oxygens (including phenoxy) is 1. The fourth-order valence-corrected chi connectivity index (χ4v) is 3.20. The quantitative estimate of drug-likeness (QED) is 0.511. The Morgan fingerprint density at radius 2 is 1.81 bits per heavy atom. The van der Waals surface area contributed by atoms with Crippen molar-refractivity contribution in [1.29, 1.82) is 0 Å². The molecule has 146 valence electrons. The Kier molecular flexibility index (Phi) is 7.41. The van der Waals surface area contributed by atoms with Gasteiger partial charge in [0, 0.05) is 30.5 Å². The maximum Gasteiger partial charge on any atom is 0.573 e. The molecule has 2 aromatic carbocycles. The molecule has 0 unspecified atom stereocenters. The van der Waals surface area contributed by atoms with E-state index in [-0.39, 0.29) is 24.0 Å². The van der Waals surface area contributed by atoms with Crippen molar-refractivity contribution in [3.63, 3.8) is 0 Å². The molecule has 0 aliphatic rings. The van der Waals surface area contributed by atoms with E-state index >= 15 is 0 Å². The zero-order valence-corrected chi connectivity index (χ0v) is 15.5. The Labute approximate surface area is 159 Å². The van der Waals surface area contributed by atoms with Crippen LogP contribution in [0.1, 0.15) is 18.4 Å². The number of benzene rings is 2. The van der Waals surface area contributed by atoms with Crippen LogP contribution in [0, 0.1) is 0 Å². The SMILES string of the molecule is CN(Cc1ccccc1OC(F)(F)F)C(=O)CCCSc1ccc(O)cc1. The van der Waals surface area contributed by atoms with E-state index in [2.05, 4.69) is 4.74 Å². The smallest absolute Gasteiger partial charge is 0.508 e. The van der Waals surface area contributed by atoms with Crippen molar-refractivity contribution in [2.75, 3.05) is 12.8 Å². The van der Waals surface area contributed by atoms with E-state index < -0.39 is 6.36 Å². The number of hydrogen-bond acceptors (Lipinski definition) is 4. The fourth-order valence-electron chi connectivity index (χ4n) is 2.35. The number of para-hydroxylation sites is 1. The van der Waals surface area contributed by atoms with Crippen LogP contribution in [0.4, 0.5) is 13.2 Å². The predicted octanol–water partition coefficient (Wildman–Crippen LogP) is 4.82. The molecule has 0 aliphatic carbocycles. The molecule has 0 atom stereocenters. The lowest BCUT2D eigenvalue weighted by Gasteiger charge is -2.20. The normalized spacial score (nSPS) is 11.3. The van der Waals surface area contributed by atoms with E-state index in [1.165, 1.54) is 23.1 Å². The zero-order valence-electron chi connectivity index (χ0n) is 14.7. The molecular weight excluding hydrogens is 379 g/mol. The minimum Gasteiger partial charge on any atom is -0.508 e. The van der Waals surface area contributed by atoms with E-state index in [1.807, 2.05) is 0 Å². The highest BCUT2D eigenvalue weighted by molar-refractivity contribution is 7.99. The lowest BCUT2D eigenvalue weighted by Crippen LogP contribution is -2.27. The highest BCUT2D eigenvalue weighted by Gasteiger charge is 2.32. The van der Waals surface area contributed by atoms with Crippen LogP contribution in [0.25, 0.3) is 0 Å². The molecule has 0 bridgehead atoms. The average Bonchev–Trinajstić information content (AvgIpc) is 2.60. The van der Waals surface area contributed by atoms with Gasteiger partial charge in [-0.15, -0.1) is 24.9 Å². The second kappa shape index (κ2) is 9.55. The molecule has 0 aliphatic heterocycles. The Hall–Kier alpha value is -2.35. The topological polar surface area (TPSA) is 49.8 Å². The van der Waals surface area contributed by atoms with Gasteiger partial charge in [-0.05, 0) is 42.5 Å².